The molecule has 0 bridgehead atoms. The fraction of sp³-hybridized carbons (Fsp3) is 0. The minimum Gasteiger partial charge on any atom is -0.0616 e. The molecule has 3 rings (SSSR count). The lowest BCUT2D eigenvalue weighted by atomic mass is 9.81. The van der Waals surface area contributed by atoms with Crippen LogP contribution in [0.5, 0.6) is 0 Å². The van der Waals surface area contributed by atoms with Gasteiger partial charge in [-0.15, -0.1) is 0 Å². The molecule has 0 spiro atoms. The summed E-state index contributed by atoms with van der Waals surface area (Å²) < 4.78 is 2.28. The van der Waals surface area contributed by atoms with Crippen molar-refractivity contribution < 1.29 is 0 Å². The number of hydrogen-bond donors (Lipinski definition) is 0. The lowest BCUT2D eigenvalue weighted by molar-refractivity contribution is 1.47. The van der Waals surface area contributed by atoms with Gasteiger partial charge < -0.3 is 0 Å². The van der Waals surface area contributed by atoms with Gasteiger partial charge in [-0.25, -0.2) is 0 Å². The highest BCUT2D eigenvalue weighted by molar-refractivity contribution is 9.13. The van der Waals surface area contributed by atoms with E-state index in [1.807, 2.05) is 0 Å². The van der Waals surface area contributed by atoms with E-state index >= 15 is 0 Å². The van der Waals surface area contributed by atoms with Crippen LogP contribution in [0, 0.1) is 0 Å². The van der Waals surface area contributed by atoms with E-state index in [9.17, 15) is 0 Å². The lowest BCUT2D eigenvalue weighted by Gasteiger charge is -2.25. The summed E-state index contributed by atoms with van der Waals surface area (Å²) in [6.45, 7) is 0. The molecule has 0 amide bonds. The van der Waals surface area contributed by atoms with Gasteiger partial charge >= 0.3 is 0 Å². The number of hydrogen-bond acceptors (Lipinski definition) is 0. The minimum atomic E-state index is 1.12. The van der Waals surface area contributed by atoms with Crippen molar-refractivity contribution in [2.75, 3.05) is 0 Å². The number of rotatable bonds is 0. The molecular formula is C12H6Br2. The van der Waals surface area contributed by atoms with Crippen LogP contribution in [0.3, 0.4) is 0 Å². The Kier molecular flexibility index (Phi) is 1.83. The van der Waals surface area contributed by atoms with Crippen molar-refractivity contribution in [2.45, 2.75) is 0 Å². The molecule has 2 heteroatoms. The number of benzene rings is 2. The molecule has 1 aliphatic rings. The molecule has 0 N–H and O–H groups in total. The van der Waals surface area contributed by atoms with E-state index in [1.165, 1.54) is 22.3 Å². The maximum atomic E-state index is 3.60. The van der Waals surface area contributed by atoms with E-state index in [4.69, 9.17) is 0 Å². The third-order valence-corrected chi connectivity index (χ3v) is 4.60. The molecule has 0 radical (unpaired) electrons. The van der Waals surface area contributed by atoms with Crippen molar-refractivity contribution in [3.8, 4) is 22.3 Å². The SMILES string of the molecule is Brc1ccc2c(c1Br)-c1ccccc1-2. The molecule has 1 aliphatic carbocycles. The summed E-state index contributed by atoms with van der Waals surface area (Å²) >= 11 is 7.12. The summed E-state index contributed by atoms with van der Waals surface area (Å²) in [7, 11) is 0. The Labute approximate surface area is 99.2 Å². The van der Waals surface area contributed by atoms with Gasteiger partial charge in [0.1, 0.15) is 0 Å². The van der Waals surface area contributed by atoms with Gasteiger partial charge in [-0.3, -0.25) is 0 Å². The van der Waals surface area contributed by atoms with E-state index in [-0.39, 0.29) is 0 Å². The molecular weight excluding hydrogens is 304 g/mol. The quantitative estimate of drug-likeness (QED) is 0.556. The standard InChI is InChI=1S/C12H6Br2/c13-10-6-5-9-7-3-1-2-4-8(7)11(9)12(10)14/h1-6H. The zero-order valence-electron chi connectivity index (χ0n) is 7.22. The predicted octanol–water partition coefficient (Wildman–Crippen LogP) is 4.86. The van der Waals surface area contributed by atoms with Gasteiger partial charge in [0.2, 0.25) is 0 Å². The molecule has 0 unspecified atom stereocenters. The Bertz CT molecular complexity index is 530. The van der Waals surface area contributed by atoms with Crippen LogP contribution in [0.1, 0.15) is 0 Å². The highest BCUT2D eigenvalue weighted by atomic mass is 79.9. The summed E-state index contributed by atoms with van der Waals surface area (Å²) in [5, 5.41) is 0. The van der Waals surface area contributed by atoms with Crippen molar-refractivity contribution in [1.82, 2.24) is 0 Å². The summed E-state index contributed by atoms with van der Waals surface area (Å²) in [5.74, 6) is 0. The minimum absolute atomic E-state index is 1.12. The molecule has 0 heterocycles. The second kappa shape index (κ2) is 2.94. The van der Waals surface area contributed by atoms with Gasteiger partial charge in [0.25, 0.3) is 0 Å². The van der Waals surface area contributed by atoms with Crippen LogP contribution in [0.2, 0.25) is 0 Å². The molecule has 0 nitrogen and oxygen atoms in total. The van der Waals surface area contributed by atoms with E-state index < -0.39 is 0 Å². The van der Waals surface area contributed by atoms with Gasteiger partial charge in [0.15, 0.2) is 0 Å². The normalized spacial score (nSPS) is 11.6. The fourth-order valence-electron chi connectivity index (χ4n) is 1.91. The van der Waals surface area contributed by atoms with Crippen LogP contribution in [0.4, 0.5) is 0 Å². The smallest absolute Gasteiger partial charge is 0.0402 e. The molecule has 0 fully saturated rings. The lowest BCUT2D eigenvalue weighted by Crippen LogP contribution is -1.99. The average Bonchev–Trinajstić information content (AvgIpc) is 2.18. The molecule has 0 aliphatic heterocycles. The Morgan fingerprint density at radius 3 is 2.21 bits per heavy atom. The van der Waals surface area contributed by atoms with Gasteiger partial charge in [0, 0.05) is 14.5 Å². The van der Waals surface area contributed by atoms with E-state index in [2.05, 4.69) is 68.3 Å². The van der Waals surface area contributed by atoms with Crippen molar-refractivity contribution in [1.29, 1.82) is 0 Å². The molecule has 2 aromatic rings. The topological polar surface area (TPSA) is 0 Å². The zero-order valence-corrected chi connectivity index (χ0v) is 10.4. The first-order valence-electron chi connectivity index (χ1n) is 4.37. The number of halogens is 2. The summed E-state index contributed by atoms with van der Waals surface area (Å²) in [4.78, 5) is 0. The second-order valence-corrected chi connectivity index (χ2v) is 4.98. The average molecular weight is 310 g/mol. The van der Waals surface area contributed by atoms with Gasteiger partial charge in [-0.2, -0.15) is 0 Å². The van der Waals surface area contributed by atoms with E-state index in [0.29, 0.717) is 0 Å². The Hall–Kier alpha value is -0.600. The van der Waals surface area contributed by atoms with Crippen LogP contribution in [0.15, 0.2) is 45.3 Å². The molecule has 2 aromatic carbocycles. The van der Waals surface area contributed by atoms with Crippen molar-refractivity contribution in [2.24, 2.45) is 0 Å². The highest BCUT2D eigenvalue weighted by Crippen LogP contribution is 2.52. The first-order valence-corrected chi connectivity index (χ1v) is 5.95. The van der Waals surface area contributed by atoms with Crippen LogP contribution in [-0.2, 0) is 0 Å². The molecule has 68 valence electrons. The first-order chi connectivity index (χ1) is 6.79. The summed E-state index contributed by atoms with van der Waals surface area (Å²) in [6.07, 6.45) is 0. The molecule has 0 saturated carbocycles. The second-order valence-electron chi connectivity index (χ2n) is 3.33. The molecule has 0 atom stereocenters. The van der Waals surface area contributed by atoms with Crippen molar-refractivity contribution >= 4 is 31.9 Å². The van der Waals surface area contributed by atoms with E-state index in [1.54, 1.807) is 0 Å². The third-order valence-electron chi connectivity index (χ3n) is 2.58. The zero-order chi connectivity index (χ0) is 9.71. The van der Waals surface area contributed by atoms with Gasteiger partial charge in [0.05, 0.1) is 0 Å². The maximum absolute atomic E-state index is 3.60. The summed E-state index contributed by atoms with van der Waals surface area (Å²) in [5.41, 5.74) is 5.37. The first kappa shape index (κ1) is 8.69. The van der Waals surface area contributed by atoms with Crippen LogP contribution < -0.4 is 0 Å². The van der Waals surface area contributed by atoms with E-state index in [0.717, 1.165) is 8.95 Å². The third kappa shape index (κ3) is 0.984. The predicted molar refractivity (Wildman–Crippen MR) is 66.3 cm³/mol. The van der Waals surface area contributed by atoms with Gasteiger partial charge in [-0.1, -0.05) is 30.3 Å². The van der Waals surface area contributed by atoms with Gasteiger partial charge in [-0.05, 0) is 54.6 Å². The van der Waals surface area contributed by atoms with Crippen molar-refractivity contribution in [3.05, 3.63) is 45.3 Å². The molecule has 0 saturated heterocycles. The molecule has 0 aromatic heterocycles. The van der Waals surface area contributed by atoms with Crippen LogP contribution >= 0.6 is 31.9 Å². The van der Waals surface area contributed by atoms with Crippen LogP contribution in [-0.4, -0.2) is 0 Å². The summed E-state index contributed by atoms with van der Waals surface area (Å²) in [6, 6.07) is 12.7. The fourth-order valence-corrected chi connectivity index (χ4v) is 2.80. The number of fused-ring (bicyclic) bond motifs is 4. The highest BCUT2D eigenvalue weighted by Gasteiger charge is 2.24. The Morgan fingerprint density at radius 1 is 0.714 bits per heavy atom. The largest absolute Gasteiger partial charge is 0.0616 e. The van der Waals surface area contributed by atoms with Crippen molar-refractivity contribution in [3.63, 3.8) is 0 Å². The Morgan fingerprint density at radius 2 is 1.43 bits per heavy atom. The molecule has 14 heavy (non-hydrogen) atoms. The monoisotopic (exact) mass is 308 g/mol. The van der Waals surface area contributed by atoms with Crippen LogP contribution in [0.25, 0.3) is 22.3 Å². The maximum Gasteiger partial charge on any atom is 0.0402 e. The Balaban J connectivity index is 2.34.